The average molecular weight is 249 g/mol. The number of carbonyl (C=O) groups excluding carboxylic acids is 1. The van der Waals surface area contributed by atoms with E-state index in [1.54, 1.807) is 6.92 Å². The monoisotopic (exact) mass is 248 g/mol. The van der Waals surface area contributed by atoms with E-state index in [2.05, 4.69) is 15.9 Å². The second kappa shape index (κ2) is 3.96. The summed E-state index contributed by atoms with van der Waals surface area (Å²) in [7, 11) is 0. The van der Waals surface area contributed by atoms with Crippen LogP contribution in [-0.2, 0) is 0 Å². The van der Waals surface area contributed by atoms with Gasteiger partial charge in [0.2, 0.25) is 0 Å². The molecule has 0 fully saturated rings. The van der Waals surface area contributed by atoms with E-state index in [4.69, 9.17) is 0 Å². The molecule has 0 aliphatic rings. The van der Waals surface area contributed by atoms with Crippen LogP contribution < -0.4 is 0 Å². The van der Waals surface area contributed by atoms with Gasteiger partial charge in [0.1, 0.15) is 5.82 Å². The minimum Gasteiger partial charge on any atom is -0.291 e. The summed E-state index contributed by atoms with van der Waals surface area (Å²) in [6.45, 7) is 0.534. The molecule has 13 heavy (non-hydrogen) atoms. The highest BCUT2D eigenvalue weighted by Gasteiger charge is 2.14. The summed E-state index contributed by atoms with van der Waals surface area (Å²) >= 11 is 2.94. The number of carbonyl (C=O) groups is 1. The van der Waals surface area contributed by atoms with Gasteiger partial charge in [-0.3, -0.25) is 4.79 Å². The molecule has 1 aromatic rings. The molecule has 0 unspecified atom stereocenters. The van der Waals surface area contributed by atoms with Crippen LogP contribution in [0.25, 0.3) is 0 Å². The normalized spacial score (nSPS) is 10.2. The third kappa shape index (κ3) is 2.12. The van der Waals surface area contributed by atoms with E-state index >= 15 is 0 Å². The first-order chi connectivity index (χ1) is 6.06. The van der Waals surface area contributed by atoms with Gasteiger partial charge in [-0.15, -0.1) is 0 Å². The van der Waals surface area contributed by atoms with Crippen LogP contribution in [-0.4, -0.2) is 12.5 Å². The summed E-state index contributed by atoms with van der Waals surface area (Å²) in [5, 5.41) is 0. The number of benzene rings is 1. The van der Waals surface area contributed by atoms with Crippen LogP contribution in [0.4, 0.5) is 8.78 Å². The molecule has 0 saturated heterocycles. The molecule has 0 amide bonds. The average Bonchev–Trinajstić information content (AvgIpc) is 2.10. The number of Topliss-reactive ketones (excluding diaryl/α,β-unsaturated/α-hetero) is 1. The van der Waals surface area contributed by atoms with Crippen molar-refractivity contribution in [3.05, 3.63) is 33.5 Å². The van der Waals surface area contributed by atoms with Gasteiger partial charge in [0, 0.05) is 0 Å². The maximum absolute atomic E-state index is 13.2. The highest BCUT2D eigenvalue weighted by Crippen LogP contribution is 2.21. The Labute approximate surface area is 82.9 Å². The standard InChI is InChI=1S/C9H7BrF2O/c1-5-2-6(8(13)4-11)9(12)7(10)3-5/h2-3H,4H2,1H3. The summed E-state index contributed by atoms with van der Waals surface area (Å²) in [5.74, 6) is -1.53. The lowest BCUT2D eigenvalue weighted by atomic mass is 10.1. The molecule has 0 spiro atoms. The van der Waals surface area contributed by atoms with Gasteiger partial charge < -0.3 is 0 Å². The fourth-order valence-electron chi connectivity index (χ4n) is 0.999. The number of aryl methyl sites for hydroxylation is 1. The maximum atomic E-state index is 13.2. The Morgan fingerprint density at radius 3 is 2.69 bits per heavy atom. The maximum Gasteiger partial charge on any atom is 0.196 e. The van der Waals surface area contributed by atoms with Crippen molar-refractivity contribution in [2.45, 2.75) is 6.92 Å². The minimum absolute atomic E-state index is 0.185. The third-order valence-corrected chi connectivity index (χ3v) is 2.17. The van der Waals surface area contributed by atoms with E-state index in [0.29, 0.717) is 5.56 Å². The van der Waals surface area contributed by atoms with Crippen molar-refractivity contribution in [2.24, 2.45) is 0 Å². The first-order valence-corrected chi connectivity index (χ1v) is 4.40. The van der Waals surface area contributed by atoms with E-state index in [-0.39, 0.29) is 10.0 Å². The molecule has 1 rings (SSSR count). The number of halogens is 3. The van der Waals surface area contributed by atoms with Gasteiger partial charge in [-0.25, -0.2) is 8.78 Å². The van der Waals surface area contributed by atoms with Crippen LogP contribution in [0.5, 0.6) is 0 Å². The van der Waals surface area contributed by atoms with Gasteiger partial charge in [0.25, 0.3) is 0 Å². The van der Waals surface area contributed by atoms with Crippen molar-refractivity contribution in [2.75, 3.05) is 6.67 Å². The summed E-state index contributed by atoms with van der Waals surface area (Å²) in [6.07, 6.45) is 0. The predicted molar refractivity (Wildman–Crippen MR) is 49.1 cm³/mol. The molecule has 1 nitrogen and oxygen atoms in total. The van der Waals surface area contributed by atoms with E-state index in [9.17, 15) is 13.6 Å². The Hall–Kier alpha value is -0.770. The van der Waals surface area contributed by atoms with E-state index in [1.165, 1.54) is 12.1 Å². The van der Waals surface area contributed by atoms with Crippen LogP contribution in [0.15, 0.2) is 16.6 Å². The zero-order valence-electron chi connectivity index (χ0n) is 6.90. The molecule has 70 valence electrons. The topological polar surface area (TPSA) is 17.1 Å². The molecular weight excluding hydrogens is 242 g/mol. The van der Waals surface area contributed by atoms with Gasteiger partial charge in [-0.05, 0) is 40.5 Å². The molecule has 0 saturated carbocycles. The Morgan fingerprint density at radius 1 is 1.54 bits per heavy atom. The molecular formula is C9H7BrF2O. The van der Waals surface area contributed by atoms with Crippen LogP contribution in [0.2, 0.25) is 0 Å². The molecule has 0 aromatic heterocycles. The van der Waals surface area contributed by atoms with E-state index in [1.807, 2.05) is 0 Å². The largest absolute Gasteiger partial charge is 0.291 e. The predicted octanol–water partition coefficient (Wildman–Crippen LogP) is 3.05. The molecule has 0 atom stereocenters. The SMILES string of the molecule is Cc1cc(Br)c(F)c(C(=O)CF)c1. The summed E-state index contributed by atoms with van der Waals surface area (Å²) < 4.78 is 25.4. The Bertz CT molecular complexity index is 350. The molecule has 0 heterocycles. The van der Waals surface area contributed by atoms with E-state index < -0.39 is 18.3 Å². The molecule has 0 aliphatic heterocycles. The third-order valence-electron chi connectivity index (χ3n) is 1.59. The first kappa shape index (κ1) is 10.3. The molecule has 0 aliphatic carbocycles. The summed E-state index contributed by atoms with van der Waals surface area (Å²) in [5.41, 5.74) is 0.513. The fraction of sp³-hybridized carbons (Fsp3) is 0.222. The van der Waals surface area contributed by atoms with Gasteiger partial charge >= 0.3 is 0 Å². The van der Waals surface area contributed by atoms with Crippen LogP contribution in [0.1, 0.15) is 15.9 Å². The van der Waals surface area contributed by atoms with Crippen molar-refractivity contribution >= 4 is 21.7 Å². The lowest BCUT2D eigenvalue weighted by Crippen LogP contribution is -2.05. The second-order valence-corrected chi connectivity index (χ2v) is 3.52. The Morgan fingerprint density at radius 2 is 2.15 bits per heavy atom. The van der Waals surface area contributed by atoms with Gasteiger partial charge in [-0.2, -0.15) is 0 Å². The molecule has 0 radical (unpaired) electrons. The second-order valence-electron chi connectivity index (χ2n) is 2.67. The number of alkyl halides is 1. The van der Waals surface area contributed by atoms with Crippen LogP contribution in [0.3, 0.4) is 0 Å². The molecule has 4 heteroatoms. The number of rotatable bonds is 2. The first-order valence-electron chi connectivity index (χ1n) is 3.61. The highest BCUT2D eigenvalue weighted by atomic mass is 79.9. The minimum atomic E-state index is -1.17. The molecule has 0 N–H and O–H groups in total. The lowest BCUT2D eigenvalue weighted by molar-refractivity contribution is 0.0954. The molecule has 1 aromatic carbocycles. The van der Waals surface area contributed by atoms with E-state index in [0.717, 1.165) is 0 Å². The van der Waals surface area contributed by atoms with Gasteiger partial charge in [0.15, 0.2) is 12.5 Å². The lowest BCUT2D eigenvalue weighted by Gasteiger charge is -2.03. The molecule has 0 bridgehead atoms. The zero-order chi connectivity index (χ0) is 10.0. The van der Waals surface area contributed by atoms with Crippen LogP contribution >= 0.6 is 15.9 Å². The number of hydrogen-bond donors (Lipinski definition) is 0. The fourth-order valence-corrected chi connectivity index (χ4v) is 1.57. The highest BCUT2D eigenvalue weighted by molar-refractivity contribution is 9.10. The smallest absolute Gasteiger partial charge is 0.196 e. The summed E-state index contributed by atoms with van der Waals surface area (Å²) in [6, 6.07) is 2.87. The summed E-state index contributed by atoms with van der Waals surface area (Å²) in [4.78, 5) is 10.9. The van der Waals surface area contributed by atoms with Gasteiger partial charge in [0.05, 0.1) is 10.0 Å². The number of ketones is 1. The van der Waals surface area contributed by atoms with Crippen LogP contribution in [0, 0.1) is 12.7 Å². The van der Waals surface area contributed by atoms with Crippen molar-refractivity contribution in [3.63, 3.8) is 0 Å². The zero-order valence-corrected chi connectivity index (χ0v) is 8.49. The quantitative estimate of drug-likeness (QED) is 0.736. The van der Waals surface area contributed by atoms with Crippen molar-refractivity contribution in [1.82, 2.24) is 0 Å². The van der Waals surface area contributed by atoms with Crippen molar-refractivity contribution in [3.8, 4) is 0 Å². The Balaban J connectivity index is 3.28. The van der Waals surface area contributed by atoms with Crippen molar-refractivity contribution in [1.29, 1.82) is 0 Å². The van der Waals surface area contributed by atoms with Gasteiger partial charge in [-0.1, -0.05) is 0 Å². The van der Waals surface area contributed by atoms with Crippen molar-refractivity contribution < 1.29 is 13.6 Å². The Kier molecular flexibility index (Phi) is 3.14. The number of hydrogen-bond acceptors (Lipinski definition) is 1.